The third-order valence-electron chi connectivity index (χ3n) is 1.42. The normalized spacial score (nSPS) is 12.1. The van der Waals surface area contributed by atoms with Crippen LogP contribution < -0.4 is 0 Å². The first-order chi connectivity index (χ1) is 5.49. The average molecular weight is 174 g/mol. The lowest BCUT2D eigenvalue weighted by Crippen LogP contribution is -2.24. The first kappa shape index (κ1) is 10.6. The van der Waals surface area contributed by atoms with Crippen LogP contribution >= 0.6 is 0 Å². The molecule has 12 heavy (non-hydrogen) atoms. The van der Waals surface area contributed by atoms with Crippen molar-refractivity contribution in [1.29, 1.82) is 0 Å². The first-order valence-corrected chi connectivity index (χ1v) is 3.46. The zero-order valence-corrected chi connectivity index (χ0v) is 6.61. The molecular formula is C7H10O5. The fourth-order valence-corrected chi connectivity index (χ4v) is 0.812. The number of ketones is 1. The van der Waals surface area contributed by atoms with Crippen molar-refractivity contribution in [2.24, 2.45) is 5.92 Å². The largest absolute Gasteiger partial charge is 0.481 e. The summed E-state index contributed by atoms with van der Waals surface area (Å²) in [5.41, 5.74) is 0. The summed E-state index contributed by atoms with van der Waals surface area (Å²) in [7, 11) is 0. The molecule has 0 aromatic heterocycles. The van der Waals surface area contributed by atoms with Crippen molar-refractivity contribution in [3.05, 3.63) is 0 Å². The number of aliphatic carboxylic acids is 2. The van der Waals surface area contributed by atoms with Crippen LogP contribution in [-0.4, -0.2) is 27.9 Å². The fourth-order valence-electron chi connectivity index (χ4n) is 0.812. The highest BCUT2D eigenvalue weighted by molar-refractivity contribution is 6.05. The van der Waals surface area contributed by atoms with Gasteiger partial charge in [0.25, 0.3) is 0 Å². The quantitative estimate of drug-likeness (QED) is 0.578. The van der Waals surface area contributed by atoms with E-state index in [1.165, 1.54) is 6.92 Å². The van der Waals surface area contributed by atoms with E-state index < -0.39 is 30.1 Å². The van der Waals surface area contributed by atoms with Crippen LogP contribution in [0.2, 0.25) is 0 Å². The predicted octanol–water partition coefficient (Wildman–Crippen LogP) is 0.141. The molecule has 0 aromatic rings. The van der Waals surface area contributed by atoms with Crippen molar-refractivity contribution in [2.75, 3.05) is 0 Å². The molecule has 5 nitrogen and oxygen atoms in total. The molecule has 2 N–H and O–H groups in total. The molecule has 5 heteroatoms. The summed E-state index contributed by atoms with van der Waals surface area (Å²) in [5.74, 6) is -4.48. The molecule has 68 valence electrons. The van der Waals surface area contributed by atoms with Gasteiger partial charge in [0.05, 0.1) is 0 Å². The van der Waals surface area contributed by atoms with Crippen LogP contribution in [0, 0.1) is 5.92 Å². The third-order valence-corrected chi connectivity index (χ3v) is 1.42. The van der Waals surface area contributed by atoms with Crippen molar-refractivity contribution in [3.8, 4) is 0 Å². The molecule has 0 saturated heterocycles. The summed E-state index contributed by atoms with van der Waals surface area (Å²) in [4.78, 5) is 31.2. The van der Waals surface area contributed by atoms with Gasteiger partial charge in [-0.1, -0.05) is 6.92 Å². The molecule has 1 atom stereocenters. The second-order valence-corrected chi connectivity index (χ2v) is 2.34. The van der Waals surface area contributed by atoms with Gasteiger partial charge >= 0.3 is 11.9 Å². The van der Waals surface area contributed by atoms with E-state index in [4.69, 9.17) is 10.2 Å². The zero-order chi connectivity index (χ0) is 9.72. The van der Waals surface area contributed by atoms with Gasteiger partial charge < -0.3 is 10.2 Å². The lowest BCUT2D eigenvalue weighted by molar-refractivity contribution is -0.148. The summed E-state index contributed by atoms with van der Waals surface area (Å²) >= 11 is 0. The van der Waals surface area contributed by atoms with E-state index in [9.17, 15) is 14.4 Å². The Hall–Kier alpha value is -1.39. The lowest BCUT2D eigenvalue weighted by Gasteiger charge is -2.05. The Kier molecular flexibility index (Phi) is 3.96. The van der Waals surface area contributed by atoms with E-state index in [1.807, 2.05) is 0 Å². The van der Waals surface area contributed by atoms with E-state index >= 15 is 0 Å². The van der Waals surface area contributed by atoms with E-state index in [0.29, 0.717) is 0 Å². The molecule has 1 unspecified atom stereocenters. The number of carbonyl (C=O) groups excluding carboxylic acids is 1. The minimum Gasteiger partial charge on any atom is -0.481 e. The van der Waals surface area contributed by atoms with Crippen LogP contribution in [0.1, 0.15) is 19.8 Å². The minimum absolute atomic E-state index is 0.126. The van der Waals surface area contributed by atoms with Gasteiger partial charge in [-0.25, -0.2) is 0 Å². The molecule has 0 spiro atoms. The number of Topliss-reactive ketones (excluding diaryl/α,β-unsaturated/α-hetero) is 1. The van der Waals surface area contributed by atoms with Gasteiger partial charge in [-0.2, -0.15) is 0 Å². The fraction of sp³-hybridized carbons (Fsp3) is 0.571. The van der Waals surface area contributed by atoms with Gasteiger partial charge in [0.2, 0.25) is 0 Å². The van der Waals surface area contributed by atoms with E-state index in [1.54, 1.807) is 0 Å². The zero-order valence-electron chi connectivity index (χ0n) is 6.61. The maximum absolute atomic E-state index is 10.9. The van der Waals surface area contributed by atoms with Gasteiger partial charge in [0.15, 0.2) is 5.78 Å². The second kappa shape index (κ2) is 4.48. The van der Waals surface area contributed by atoms with Crippen LogP contribution in [0.3, 0.4) is 0 Å². The summed E-state index contributed by atoms with van der Waals surface area (Å²) in [5, 5.41) is 16.6. The number of hydrogen-bond donors (Lipinski definition) is 2. The SMILES string of the molecule is CCC(C(=O)O)C(=O)CC(=O)O. The predicted molar refractivity (Wildman–Crippen MR) is 38.7 cm³/mol. The minimum atomic E-state index is -1.29. The summed E-state index contributed by atoms with van der Waals surface area (Å²) in [6.07, 6.45) is -0.591. The number of carboxylic acid groups (broad SMARTS) is 2. The topological polar surface area (TPSA) is 91.7 Å². The van der Waals surface area contributed by atoms with E-state index in [-0.39, 0.29) is 6.42 Å². The number of rotatable bonds is 5. The van der Waals surface area contributed by atoms with Crippen LogP contribution in [0.4, 0.5) is 0 Å². The third kappa shape index (κ3) is 3.14. The summed E-state index contributed by atoms with van der Waals surface area (Å²) in [6, 6.07) is 0. The standard InChI is InChI=1S/C7H10O5/c1-2-4(7(11)12)5(8)3-6(9)10/h4H,2-3H2,1H3,(H,9,10)(H,11,12). The van der Waals surface area contributed by atoms with E-state index in [0.717, 1.165) is 0 Å². The van der Waals surface area contributed by atoms with Crippen LogP contribution in [0.5, 0.6) is 0 Å². The van der Waals surface area contributed by atoms with Gasteiger partial charge in [-0.15, -0.1) is 0 Å². The molecule has 0 aliphatic heterocycles. The monoisotopic (exact) mass is 174 g/mol. The Morgan fingerprint density at radius 1 is 1.25 bits per heavy atom. The second-order valence-electron chi connectivity index (χ2n) is 2.34. The molecule has 0 saturated carbocycles. The van der Waals surface area contributed by atoms with Crippen molar-refractivity contribution in [2.45, 2.75) is 19.8 Å². The van der Waals surface area contributed by atoms with Gasteiger partial charge in [0.1, 0.15) is 12.3 Å². The Bertz CT molecular complexity index is 208. The van der Waals surface area contributed by atoms with Crippen molar-refractivity contribution in [1.82, 2.24) is 0 Å². The summed E-state index contributed by atoms with van der Waals surface area (Å²) in [6.45, 7) is 1.53. The molecule has 0 amide bonds. The highest BCUT2D eigenvalue weighted by atomic mass is 16.4. The highest BCUT2D eigenvalue weighted by Gasteiger charge is 2.25. The molecule has 0 heterocycles. The number of hydrogen-bond acceptors (Lipinski definition) is 3. The lowest BCUT2D eigenvalue weighted by atomic mass is 9.99. The molecule has 0 aliphatic rings. The Morgan fingerprint density at radius 2 is 1.75 bits per heavy atom. The Morgan fingerprint density at radius 3 is 2.00 bits per heavy atom. The van der Waals surface area contributed by atoms with Crippen LogP contribution in [0.25, 0.3) is 0 Å². The van der Waals surface area contributed by atoms with Crippen molar-refractivity contribution >= 4 is 17.7 Å². The maximum Gasteiger partial charge on any atom is 0.314 e. The maximum atomic E-state index is 10.9. The Balaban J connectivity index is 4.22. The number of carbonyl (C=O) groups is 3. The molecular weight excluding hydrogens is 164 g/mol. The van der Waals surface area contributed by atoms with Crippen LogP contribution in [0.15, 0.2) is 0 Å². The smallest absolute Gasteiger partial charge is 0.314 e. The molecule has 0 fully saturated rings. The van der Waals surface area contributed by atoms with Gasteiger partial charge in [-0.05, 0) is 6.42 Å². The summed E-state index contributed by atoms with van der Waals surface area (Å²) < 4.78 is 0. The van der Waals surface area contributed by atoms with Gasteiger partial charge in [-0.3, -0.25) is 14.4 Å². The van der Waals surface area contributed by atoms with Crippen LogP contribution in [-0.2, 0) is 14.4 Å². The first-order valence-electron chi connectivity index (χ1n) is 3.46. The van der Waals surface area contributed by atoms with Crippen molar-refractivity contribution in [3.63, 3.8) is 0 Å². The molecule has 0 aromatic carbocycles. The number of carboxylic acids is 2. The highest BCUT2D eigenvalue weighted by Crippen LogP contribution is 2.06. The molecule has 0 radical (unpaired) electrons. The molecule has 0 aliphatic carbocycles. The molecule has 0 rings (SSSR count). The average Bonchev–Trinajstić information content (AvgIpc) is 1.85. The Labute approximate surface area is 69.0 Å². The van der Waals surface area contributed by atoms with Gasteiger partial charge in [0, 0.05) is 0 Å². The van der Waals surface area contributed by atoms with E-state index in [2.05, 4.69) is 0 Å². The molecule has 0 bridgehead atoms. The van der Waals surface area contributed by atoms with Crippen molar-refractivity contribution < 1.29 is 24.6 Å².